The van der Waals surface area contributed by atoms with Crippen LogP contribution in [-0.4, -0.2) is 34.3 Å². The third kappa shape index (κ3) is 4.04. The lowest BCUT2D eigenvalue weighted by molar-refractivity contribution is 0.594. The number of benzene rings is 1. The third-order valence-electron chi connectivity index (χ3n) is 4.29. The number of aromatic amines is 1. The normalized spacial score (nSPS) is 11.2. The van der Waals surface area contributed by atoms with Crippen molar-refractivity contribution in [3.8, 4) is 5.69 Å². The molecular formula is C18H17Cl2N7S. The van der Waals surface area contributed by atoms with Gasteiger partial charge in [-0.2, -0.15) is 15.3 Å². The van der Waals surface area contributed by atoms with Crippen molar-refractivity contribution >= 4 is 35.4 Å². The predicted molar refractivity (Wildman–Crippen MR) is 111 cm³/mol. The number of hydrogen-bond donors (Lipinski definition) is 1. The fourth-order valence-electron chi connectivity index (χ4n) is 2.95. The van der Waals surface area contributed by atoms with E-state index in [2.05, 4.69) is 20.4 Å². The van der Waals surface area contributed by atoms with Crippen molar-refractivity contribution in [2.24, 2.45) is 0 Å². The zero-order valence-electron chi connectivity index (χ0n) is 15.0. The molecule has 0 spiro atoms. The Labute approximate surface area is 176 Å². The Hall–Kier alpha value is -2.42. The molecule has 0 bridgehead atoms. The van der Waals surface area contributed by atoms with E-state index >= 15 is 0 Å². The highest BCUT2D eigenvalue weighted by Gasteiger charge is 2.12. The second-order valence-corrected chi connectivity index (χ2v) is 7.67. The molecule has 144 valence electrons. The highest BCUT2D eigenvalue weighted by Crippen LogP contribution is 2.22. The number of hydrogen-bond acceptors (Lipinski definition) is 4. The van der Waals surface area contributed by atoms with Gasteiger partial charge in [0.2, 0.25) is 0 Å². The van der Waals surface area contributed by atoms with E-state index in [-0.39, 0.29) is 0 Å². The number of aryl methyl sites for hydroxylation is 3. The fraction of sp³-hybridized carbons (Fsp3) is 0.222. The van der Waals surface area contributed by atoms with Gasteiger partial charge in [-0.25, -0.2) is 0 Å². The Morgan fingerprint density at radius 2 is 1.93 bits per heavy atom. The van der Waals surface area contributed by atoms with Gasteiger partial charge in [-0.05, 0) is 42.4 Å². The summed E-state index contributed by atoms with van der Waals surface area (Å²) in [6, 6.07) is 5.44. The molecular weight excluding hydrogens is 417 g/mol. The summed E-state index contributed by atoms with van der Waals surface area (Å²) in [7, 11) is 0. The summed E-state index contributed by atoms with van der Waals surface area (Å²) in [6.07, 6.45) is 8.19. The highest BCUT2D eigenvalue weighted by atomic mass is 35.5. The van der Waals surface area contributed by atoms with Gasteiger partial charge in [-0.15, -0.1) is 0 Å². The fourth-order valence-corrected chi connectivity index (χ4v) is 3.67. The summed E-state index contributed by atoms with van der Waals surface area (Å²) < 4.78 is 6.11. The van der Waals surface area contributed by atoms with Crippen molar-refractivity contribution in [1.29, 1.82) is 0 Å². The van der Waals surface area contributed by atoms with Crippen molar-refractivity contribution in [2.75, 3.05) is 0 Å². The predicted octanol–water partition coefficient (Wildman–Crippen LogP) is 4.23. The minimum absolute atomic E-state index is 0.524. The van der Waals surface area contributed by atoms with E-state index in [0.717, 1.165) is 22.6 Å². The maximum Gasteiger partial charge on any atom is 0.199 e. The molecule has 3 heterocycles. The van der Waals surface area contributed by atoms with Gasteiger partial charge in [0.15, 0.2) is 4.77 Å². The molecule has 0 amide bonds. The van der Waals surface area contributed by atoms with Crippen LogP contribution in [0.3, 0.4) is 0 Å². The van der Waals surface area contributed by atoms with Gasteiger partial charge in [-0.3, -0.25) is 19.0 Å². The van der Waals surface area contributed by atoms with Crippen molar-refractivity contribution in [3.63, 3.8) is 0 Å². The van der Waals surface area contributed by atoms with Gasteiger partial charge in [0, 0.05) is 35.4 Å². The number of H-pyrrole nitrogens is 1. The first-order valence-corrected chi connectivity index (χ1v) is 9.78. The molecule has 7 nitrogen and oxygen atoms in total. The van der Waals surface area contributed by atoms with E-state index in [9.17, 15) is 0 Å². The molecule has 3 aromatic heterocycles. The lowest BCUT2D eigenvalue weighted by atomic mass is 10.2. The topological polar surface area (TPSA) is 69.2 Å². The van der Waals surface area contributed by atoms with E-state index in [1.54, 1.807) is 16.9 Å². The number of aromatic nitrogens is 7. The molecule has 0 unspecified atom stereocenters. The summed E-state index contributed by atoms with van der Waals surface area (Å²) >= 11 is 17.6. The van der Waals surface area contributed by atoms with Crippen LogP contribution < -0.4 is 0 Å². The molecule has 1 N–H and O–H groups in total. The molecule has 4 aromatic rings. The van der Waals surface area contributed by atoms with Gasteiger partial charge in [-0.1, -0.05) is 29.3 Å². The first-order chi connectivity index (χ1) is 13.5. The summed E-state index contributed by atoms with van der Waals surface area (Å²) in [4.78, 5) is 0. The molecule has 10 heteroatoms. The second-order valence-electron chi connectivity index (χ2n) is 6.44. The molecule has 0 radical (unpaired) electrons. The largest absolute Gasteiger partial charge is 0.272 e. The van der Waals surface area contributed by atoms with Crippen LogP contribution in [0.2, 0.25) is 10.0 Å². The van der Waals surface area contributed by atoms with Crippen LogP contribution >= 0.6 is 35.4 Å². The maximum atomic E-state index is 6.27. The van der Waals surface area contributed by atoms with Crippen molar-refractivity contribution < 1.29 is 0 Å². The third-order valence-corrected chi connectivity index (χ3v) is 5.15. The van der Waals surface area contributed by atoms with Crippen LogP contribution in [0.5, 0.6) is 0 Å². The number of nitrogens with one attached hydrogen (secondary N) is 1. The van der Waals surface area contributed by atoms with Gasteiger partial charge in [0.25, 0.3) is 0 Å². The van der Waals surface area contributed by atoms with E-state index in [1.165, 1.54) is 0 Å². The van der Waals surface area contributed by atoms with Crippen LogP contribution in [0.4, 0.5) is 0 Å². The van der Waals surface area contributed by atoms with Gasteiger partial charge in [0.1, 0.15) is 5.82 Å². The van der Waals surface area contributed by atoms with E-state index < -0.39 is 0 Å². The molecule has 0 fully saturated rings. The second kappa shape index (κ2) is 7.90. The van der Waals surface area contributed by atoms with Gasteiger partial charge < -0.3 is 0 Å². The summed E-state index contributed by atoms with van der Waals surface area (Å²) in [5.41, 5.74) is 2.90. The monoisotopic (exact) mass is 433 g/mol. The van der Waals surface area contributed by atoms with Crippen molar-refractivity contribution in [2.45, 2.75) is 26.4 Å². The number of nitrogens with zero attached hydrogens (tertiary/aromatic N) is 6. The molecule has 0 saturated carbocycles. The SMILES string of the molecule is Cc1cnn(CCc2n[nH]c(=S)n2-c2cnn(Cc3ccc(Cl)cc3Cl)c2)c1. The van der Waals surface area contributed by atoms with Crippen LogP contribution in [0.15, 0.2) is 43.0 Å². The Morgan fingerprint density at radius 1 is 1.11 bits per heavy atom. The minimum Gasteiger partial charge on any atom is -0.272 e. The van der Waals surface area contributed by atoms with Crippen molar-refractivity contribution in [1.82, 2.24) is 34.3 Å². The molecule has 1 aromatic carbocycles. The Balaban J connectivity index is 1.55. The van der Waals surface area contributed by atoms with E-state index in [0.29, 0.717) is 34.3 Å². The quantitative estimate of drug-likeness (QED) is 0.461. The van der Waals surface area contributed by atoms with Gasteiger partial charge in [0.05, 0.1) is 24.6 Å². The summed E-state index contributed by atoms with van der Waals surface area (Å²) in [6.45, 7) is 3.26. The zero-order chi connectivity index (χ0) is 19.7. The molecule has 0 aliphatic rings. The Kier molecular flexibility index (Phi) is 5.34. The molecule has 0 aliphatic carbocycles. The highest BCUT2D eigenvalue weighted by molar-refractivity contribution is 7.71. The molecule has 0 atom stereocenters. The van der Waals surface area contributed by atoms with E-state index in [4.69, 9.17) is 35.4 Å². The van der Waals surface area contributed by atoms with Crippen LogP contribution in [-0.2, 0) is 19.5 Å². The average Bonchev–Trinajstić information content (AvgIpc) is 3.36. The maximum absolute atomic E-state index is 6.27. The number of rotatable bonds is 6. The van der Waals surface area contributed by atoms with Crippen LogP contribution in [0.25, 0.3) is 5.69 Å². The minimum atomic E-state index is 0.524. The summed E-state index contributed by atoms with van der Waals surface area (Å²) in [5, 5.41) is 17.2. The molecule has 0 saturated heterocycles. The molecule has 0 aliphatic heterocycles. The molecule has 4 rings (SSSR count). The van der Waals surface area contributed by atoms with E-state index in [1.807, 2.05) is 46.9 Å². The first-order valence-electron chi connectivity index (χ1n) is 8.62. The lowest BCUT2D eigenvalue weighted by Crippen LogP contribution is -2.07. The first kappa shape index (κ1) is 18.9. The smallest absolute Gasteiger partial charge is 0.199 e. The summed E-state index contributed by atoms with van der Waals surface area (Å²) in [5.74, 6) is 0.822. The standard InChI is InChI=1S/C18H17Cl2N7S/c1-12-7-21-25(9-12)5-4-17-23-24-18(28)27(17)15-8-22-26(11-15)10-13-2-3-14(19)6-16(13)20/h2-3,6-9,11H,4-5,10H2,1H3,(H,24,28). The molecule has 28 heavy (non-hydrogen) atoms. The van der Waals surface area contributed by atoms with Crippen LogP contribution in [0, 0.1) is 11.7 Å². The zero-order valence-corrected chi connectivity index (χ0v) is 17.3. The van der Waals surface area contributed by atoms with Crippen LogP contribution in [0.1, 0.15) is 17.0 Å². The Morgan fingerprint density at radius 3 is 2.68 bits per heavy atom. The number of halogens is 2. The average molecular weight is 434 g/mol. The lowest BCUT2D eigenvalue weighted by Gasteiger charge is -2.06. The van der Waals surface area contributed by atoms with Gasteiger partial charge >= 0.3 is 0 Å². The van der Waals surface area contributed by atoms with Crippen molar-refractivity contribution in [3.05, 3.63) is 74.8 Å². The Bertz CT molecular complexity index is 1170.